The minimum atomic E-state index is -0.899. The zero-order valence-corrected chi connectivity index (χ0v) is 15.6. The maximum Gasteiger partial charge on any atom is 0.306 e. The molecule has 1 N–H and O–H groups in total. The number of carboxylic acids is 1. The highest BCUT2D eigenvalue weighted by Crippen LogP contribution is 2.34. The predicted molar refractivity (Wildman–Crippen MR) is 99.9 cm³/mol. The van der Waals surface area contributed by atoms with Crippen LogP contribution in [-0.2, 0) is 9.53 Å². The number of halogens is 1. The Hall–Kier alpha value is -2.44. The predicted octanol–water partition coefficient (Wildman–Crippen LogP) is 4.11. The first-order chi connectivity index (χ1) is 13.0. The van der Waals surface area contributed by atoms with Crippen LogP contribution in [0.4, 0.5) is 0 Å². The van der Waals surface area contributed by atoms with Gasteiger partial charge in [0.05, 0.1) is 12.5 Å². The lowest BCUT2D eigenvalue weighted by molar-refractivity contribution is -0.140. The van der Waals surface area contributed by atoms with Gasteiger partial charge in [0.15, 0.2) is 17.6 Å². The third-order valence-corrected chi connectivity index (χ3v) is 4.27. The third kappa shape index (κ3) is 5.28. The molecular weight excluding hydrogens is 372 g/mol. The normalized spacial score (nSPS) is 16.6. The van der Waals surface area contributed by atoms with Gasteiger partial charge in [-0.2, -0.15) is 0 Å². The van der Waals surface area contributed by atoms with Crippen LogP contribution < -0.4 is 14.2 Å². The molecule has 1 heterocycles. The summed E-state index contributed by atoms with van der Waals surface area (Å²) in [5, 5.41) is 9.59. The topological polar surface area (TPSA) is 74.2 Å². The van der Waals surface area contributed by atoms with Crippen LogP contribution in [0.1, 0.15) is 25.0 Å². The van der Waals surface area contributed by atoms with Gasteiger partial charge >= 0.3 is 5.97 Å². The van der Waals surface area contributed by atoms with E-state index in [1.807, 2.05) is 19.1 Å². The summed E-state index contributed by atoms with van der Waals surface area (Å²) in [6.45, 7) is 2.98. The van der Waals surface area contributed by atoms with E-state index < -0.39 is 12.1 Å². The molecule has 2 aromatic rings. The number of hydrogen-bond donors (Lipinski definition) is 1. The van der Waals surface area contributed by atoms with Gasteiger partial charge in [0.25, 0.3) is 0 Å². The summed E-state index contributed by atoms with van der Waals surface area (Å²) in [5.74, 6) is 1.03. The van der Waals surface area contributed by atoms with Crippen LogP contribution in [0, 0.1) is 0 Å². The van der Waals surface area contributed by atoms with Crippen molar-refractivity contribution in [2.75, 3.05) is 19.8 Å². The Labute approximate surface area is 162 Å². The summed E-state index contributed by atoms with van der Waals surface area (Å²) in [7, 11) is 0. The zero-order valence-electron chi connectivity index (χ0n) is 14.9. The van der Waals surface area contributed by atoms with E-state index in [0.717, 1.165) is 5.56 Å². The van der Waals surface area contributed by atoms with Crippen molar-refractivity contribution < 1.29 is 28.8 Å². The van der Waals surface area contributed by atoms with Crippen LogP contribution in [0.25, 0.3) is 0 Å². The number of hydrogen-bond acceptors (Lipinski definition) is 5. The first-order valence-electron chi connectivity index (χ1n) is 8.70. The van der Waals surface area contributed by atoms with Gasteiger partial charge in [-0.25, -0.2) is 0 Å². The molecule has 0 saturated carbocycles. The van der Waals surface area contributed by atoms with E-state index in [0.29, 0.717) is 42.1 Å². The Kier molecular flexibility index (Phi) is 6.42. The molecule has 0 fully saturated rings. The van der Waals surface area contributed by atoms with E-state index in [9.17, 15) is 4.79 Å². The van der Waals surface area contributed by atoms with Crippen molar-refractivity contribution in [1.82, 2.24) is 0 Å². The van der Waals surface area contributed by atoms with Crippen molar-refractivity contribution in [2.45, 2.75) is 25.6 Å². The summed E-state index contributed by atoms with van der Waals surface area (Å²) in [4.78, 5) is 11.0. The fourth-order valence-electron chi connectivity index (χ4n) is 2.77. The molecule has 0 aliphatic carbocycles. The summed E-state index contributed by atoms with van der Waals surface area (Å²) in [6.07, 6.45) is -0.805. The fourth-order valence-corrected chi connectivity index (χ4v) is 2.93. The Morgan fingerprint density at radius 3 is 2.74 bits per heavy atom. The van der Waals surface area contributed by atoms with Gasteiger partial charge in [-0.05, 0) is 36.8 Å². The highest BCUT2D eigenvalue weighted by molar-refractivity contribution is 6.30. The lowest BCUT2D eigenvalue weighted by Gasteiger charge is -2.26. The van der Waals surface area contributed by atoms with Crippen molar-refractivity contribution in [3.63, 3.8) is 0 Å². The van der Waals surface area contributed by atoms with E-state index >= 15 is 0 Å². The molecule has 27 heavy (non-hydrogen) atoms. The second-order valence-electron chi connectivity index (χ2n) is 6.06. The molecular formula is C20H21ClO6. The lowest BCUT2D eigenvalue weighted by atomic mass is 10.1. The summed E-state index contributed by atoms with van der Waals surface area (Å²) >= 11 is 5.98. The Bertz CT molecular complexity index is 777. The second kappa shape index (κ2) is 8.97. The summed E-state index contributed by atoms with van der Waals surface area (Å²) in [5.41, 5.74) is 0.799. The average Bonchev–Trinajstić information content (AvgIpc) is 2.66. The van der Waals surface area contributed by atoms with Crippen molar-refractivity contribution in [1.29, 1.82) is 0 Å². The van der Waals surface area contributed by atoms with Crippen molar-refractivity contribution in [3.8, 4) is 17.2 Å². The monoisotopic (exact) mass is 392 g/mol. The molecule has 3 rings (SSSR count). The number of carbonyl (C=O) groups is 1. The van der Waals surface area contributed by atoms with Gasteiger partial charge in [0.1, 0.15) is 19.0 Å². The van der Waals surface area contributed by atoms with Crippen molar-refractivity contribution in [2.24, 2.45) is 0 Å². The molecule has 0 aromatic heterocycles. The maximum absolute atomic E-state index is 11.0. The molecule has 0 amide bonds. The minimum Gasteiger partial charge on any atom is -0.490 e. The quantitative estimate of drug-likeness (QED) is 0.728. The van der Waals surface area contributed by atoms with Gasteiger partial charge in [-0.3, -0.25) is 4.79 Å². The smallest absolute Gasteiger partial charge is 0.306 e. The summed E-state index contributed by atoms with van der Waals surface area (Å²) in [6, 6.07) is 12.4. The molecule has 1 aliphatic rings. The molecule has 0 bridgehead atoms. The Morgan fingerprint density at radius 2 is 2.04 bits per heavy atom. The van der Waals surface area contributed by atoms with Crippen LogP contribution in [-0.4, -0.2) is 37.0 Å². The standard InChI is InChI=1S/C20H21ClO6/c1-2-24-18(10-20(22)23)13-3-6-15(7-4-13)25-11-16-12-26-17-8-5-14(21)9-19(17)27-16/h3-9,16,18H,2,10-12H2,1H3,(H,22,23). The average molecular weight is 393 g/mol. The molecule has 7 heteroatoms. The van der Waals surface area contributed by atoms with Gasteiger partial charge in [0.2, 0.25) is 0 Å². The van der Waals surface area contributed by atoms with E-state index in [2.05, 4.69) is 0 Å². The molecule has 0 saturated heterocycles. The maximum atomic E-state index is 11.0. The lowest BCUT2D eigenvalue weighted by Crippen LogP contribution is -2.34. The number of ether oxygens (including phenoxy) is 4. The van der Waals surface area contributed by atoms with Gasteiger partial charge in [-0.15, -0.1) is 0 Å². The molecule has 2 aromatic carbocycles. The Balaban J connectivity index is 1.56. The highest BCUT2D eigenvalue weighted by atomic mass is 35.5. The number of carboxylic acid groups (broad SMARTS) is 1. The Morgan fingerprint density at radius 1 is 1.26 bits per heavy atom. The first kappa shape index (κ1) is 19.3. The van der Waals surface area contributed by atoms with Crippen molar-refractivity contribution >= 4 is 17.6 Å². The largest absolute Gasteiger partial charge is 0.490 e. The number of benzene rings is 2. The van der Waals surface area contributed by atoms with Crippen LogP contribution in [0.2, 0.25) is 5.02 Å². The molecule has 1 aliphatic heterocycles. The SMILES string of the molecule is CCOC(CC(=O)O)c1ccc(OCC2COc3ccc(Cl)cc3O2)cc1. The minimum absolute atomic E-state index is 0.0801. The third-order valence-electron chi connectivity index (χ3n) is 4.04. The van der Waals surface area contributed by atoms with Gasteiger partial charge < -0.3 is 24.1 Å². The van der Waals surface area contributed by atoms with Gasteiger partial charge in [-0.1, -0.05) is 23.7 Å². The molecule has 2 atom stereocenters. The first-order valence-corrected chi connectivity index (χ1v) is 9.08. The van der Waals surface area contributed by atoms with Gasteiger partial charge in [0, 0.05) is 17.7 Å². The molecule has 6 nitrogen and oxygen atoms in total. The van der Waals surface area contributed by atoms with E-state index in [-0.39, 0.29) is 12.5 Å². The highest BCUT2D eigenvalue weighted by Gasteiger charge is 2.22. The molecule has 0 spiro atoms. The van der Waals surface area contributed by atoms with E-state index in [4.69, 9.17) is 35.7 Å². The van der Waals surface area contributed by atoms with Crippen LogP contribution in [0.15, 0.2) is 42.5 Å². The van der Waals surface area contributed by atoms with Crippen LogP contribution in [0.5, 0.6) is 17.2 Å². The second-order valence-corrected chi connectivity index (χ2v) is 6.50. The van der Waals surface area contributed by atoms with E-state index in [1.165, 1.54) is 0 Å². The molecule has 2 unspecified atom stereocenters. The van der Waals surface area contributed by atoms with E-state index in [1.54, 1.807) is 30.3 Å². The summed E-state index contributed by atoms with van der Waals surface area (Å²) < 4.78 is 22.8. The number of fused-ring (bicyclic) bond motifs is 1. The number of rotatable bonds is 8. The number of aliphatic carboxylic acids is 1. The van der Waals surface area contributed by atoms with Crippen LogP contribution in [0.3, 0.4) is 0 Å². The fraction of sp³-hybridized carbons (Fsp3) is 0.350. The molecule has 144 valence electrons. The molecule has 0 radical (unpaired) electrons. The van der Waals surface area contributed by atoms with Crippen molar-refractivity contribution in [3.05, 3.63) is 53.1 Å². The van der Waals surface area contributed by atoms with Crippen LogP contribution >= 0.6 is 11.6 Å². The zero-order chi connectivity index (χ0) is 19.2.